The van der Waals surface area contributed by atoms with Crippen LogP contribution in [0.2, 0.25) is 0 Å². The number of para-hydroxylation sites is 1. The highest BCUT2D eigenvalue weighted by atomic mass is 16.5. The molecule has 0 radical (unpaired) electrons. The predicted octanol–water partition coefficient (Wildman–Crippen LogP) is 1.47. The van der Waals surface area contributed by atoms with Crippen molar-refractivity contribution in [1.82, 2.24) is 15.3 Å². The van der Waals surface area contributed by atoms with Crippen molar-refractivity contribution in [2.24, 2.45) is 0 Å². The third kappa shape index (κ3) is 4.01. The van der Waals surface area contributed by atoms with E-state index in [4.69, 9.17) is 10.00 Å². The van der Waals surface area contributed by atoms with Gasteiger partial charge in [-0.25, -0.2) is 9.97 Å². The molecule has 2 aromatic rings. The van der Waals surface area contributed by atoms with E-state index in [1.54, 1.807) is 25.3 Å². The lowest BCUT2D eigenvalue weighted by Gasteiger charge is -2.08. The van der Waals surface area contributed by atoms with Gasteiger partial charge < -0.3 is 15.4 Å². The van der Waals surface area contributed by atoms with Gasteiger partial charge in [-0.3, -0.25) is 4.79 Å². The maximum absolute atomic E-state index is 11.9. The van der Waals surface area contributed by atoms with Gasteiger partial charge in [0, 0.05) is 19.7 Å². The van der Waals surface area contributed by atoms with Crippen molar-refractivity contribution in [3.8, 4) is 6.07 Å². The van der Waals surface area contributed by atoms with Crippen LogP contribution in [0.4, 0.5) is 11.5 Å². The molecule has 2 N–H and O–H groups in total. The molecule has 22 heavy (non-hydrogen) atoms. The number of nitriles is 1. The summed E-state index contributed by atoms with van der Waals surface area (Å²) in [5.41, 5.74) is 1.35. The zero-order valence-electron chi connectivity index (χ0n) is 12.0. The zero-order chi connectivity index (χ0) is 15.8. The van der Waals surface area contributed by atoms with E-state index >= 15 is 0 Å². The van der Waals surface area contributed by atoms with E-state index in [2.05, 4.69) is 26.7 Å². The standard InChI is InChI=1S/C15H15N5O2/c1-22-7-6-17-15(21)13-8-14(19-10-18-13)20-12-5-3-2-4-11(12)9-16/h2-5,8,10H,6-7H2,1H3,(H,17,21)(H,18,19,20). The van der Waals surface area contributed by atoms with E-state index in [1.165, 1.54) is 12.4 Å². The lowest BCUT2D eigenvalue weighted by Crippen LogP contribution is -2.27. The second-order valence-electron chi connectivity index (χ2n) is 4.32. The molecular weight excluding hydrogens is 282 g/mol. The molecule has 1 heterocycles. The Bertz CT molecular complexity index is 696. The van der Waals surface area contributed by atoms with Gasteiger partial charge in [-0.2, -0.15) is 5.26 Å². The maximum Gasteiger partial charge on any atom is 0.270 e. The highest BCUT2D eigenvalue weighted by molar-refractivity contribution is 5.93. The first-order valence-electron chi connectivity index (χ1n) is 6.60. The summed E-state index contributed by atoms with van der Waals surface area (Å²) < 4.78 is 4.87. The Labute approximate surface area is 128 Å². The number of carbonyl (C=O) groups excluding carboxylic acids is 1. The Morgan fingerprint density at radius 1 is 1.36 bits per heavy atom. The number of anilines is 2. The van der Waals surface area contributed by atoms with Crippen LogP contribution in [0.1, 0.15) is 16.1 Å². The number of methoxy groups -OCH3 is 1. The van der Waals surface area contributed by atoms with Gasteiger partial charge >= 0.3 is 0 Å². The Morgan fingerprint density at radius 2 is 2.18 bits per heavy atom. The second-order valence-corrected chi connectivity index (χ2v) is 4.32. The van der Waals surface area contributed by atoms with Gasteiger partial charge in [0.05, 0.1) is 17.9 Å². The molecule has 0 saturated carbocycles. The van der Waals surface area contributed by atoms with Crippen molar-refractivity contribution in [3.05, 3.63) is 47.9 Å². The molecule has 0 atom stereocenters. The Hall–Kier alpha value is -2.98. The van der Waals surface area contributed by atoms with Crippen molar-refractivity contribution in [1.29, 1.82) is 5.26 Å². The Kier molecular flexibility index (Phi) is 5.40. The number of nitrogens with one attached hydrogen (secondary N) is 2. The van der Waals surface area contributed by atoms with Crippen LogP contribution in [0.3, 0.4) is 0 Å². The molecule has 1 aromatic carbocycles. The summed E-state index contributed by atoms with van der Waals surface area (Å²) in [6.45, 7) is 0.830. The van der Waals surface area contributed by atoms with E-state index < -0.39 is 0 Å². The lowest BCUT2D eigenvalue weighted by molar-refractivity contribution is 0.0932. The minimum Gasteiger partial charge on any atom is -0.383 e. The van der Waals surface area contributed by atoms with E-state index in [1.807, 2.05) is 6.07 Å². The molecule has 0 aliphatic rings. The molecule has 0 fully saturated rings. The highest BCUT2D eigenvalue weighted by Crippen LogP contribution is 2.18. The van der Waals surface area contributed by atoms with Crippen LogP contribution in [0.5, 0.6) is 0 Å². The van der Waals surface area contributed by atoms with Gasteiger partial charge in [0.25, 0.3) is 5.91 Å². The molecule has 1 amide bonds. The Balaban J connectivity index is 2.12. The number of carbonyl (C=O) groups is 1. The summed E-state index contributed by atoms with van der Waals surface area (Å²) in [7, 11) is 1.56. The highest BCUT2D eigenvalue weighted by Gasteiger charge is 2.09. The summed E-state index contributed by atoms with van der Waals surface area (Å²) in [6, 6.07) is 10.7. The third-order valence-electron chi connectivity index (χ3n) is 2.80. The molecule has 7 nitrogen and oxygen atoms in total. The molecule has 112 valence electrons. The summed E-state index contributed by atoms with van der Waals surface area (Å²) in [5, 5.41) is 14.7. The molecule has 0 aliphatic carbocycles. The van der Waals surface area contributed by atoms with Crippen molar-refractivity contribution >= 4 is 17.4 Å². The van der Waals surface area contributed by atoms with Crippen molar-refractivity contribution in [2.75, 3.05) is 25.6 Å². The lowest BCUT2D eigenvalue weighted by atomic mass is 10.2. The van der Waals surface area contributed by atoms with Crippen LogP contribution >= 0.6 is 0 Å². The van der Waals surface area contributed by atoms with Crippen LogP contribution < -0.4 is 10.6 Å². The molecule has 7 heteroatoms. The molecule has 0 bridgehead atoms. The number of amides is 1. The topological polar surface area (TPSA) is 99.9 Å². The van der Waals surface area contributed by atoms with Crippen LogP contribution in [-0.4, -0.2) is 36.1 Å². The van der Waals surface area contributed by atoms with E-state index in [-0.39, 0.29) is 11.6 Å². The first kappa shape index (κ1) is 15.4. The summed E-state index contributed by atoms with van der Waals surface area (Å²) in [6.07, 6.45) is 1.29. The summed E-state index contributed by atoms with van der Waals surface area (Å²) in [5.74, 6) is 0.130. The zero-order valence-corrected chi connectivity index (χ0v) is 12.0. The van der Waals surface area contributed by atoms with Gasteiger partial charge in [0.1, 0.15) is 23.9 Å². The number of aromatic nitrogens is 2. The normalized spacial score (nSPS) is 9.82. The van der Waals surface area contributed by atoms with Crippen LogP contribution in [0.25, 0.3) is 0 Å². The minimum absolute atomic E-state index is 0.239. The number of rotatable bonds is 6. The van der Waals surface area contributed by atoms with Gasteiger partial charge in [-0.1, -0.05) is 12.1 Å². The fourth-order valence-electron chi connectivity index (χ4n) is 1.73. The van der Waals surface area contributed by atoms with Crippen LogP contribution in [-0.2, 0) is 4.74 Å². The van der Waals surface area contributed by atoms with Gasteiger partial charge in [0.15, 0.2) is 0 Å². The van der Waals surface area contributed by atoms with Gasteiger partial charge in [-0.15, -0.1) is 0 Å². The second kappa shape index (κ2) is 7.71. The molecule has 0 unspecified atom stereocenters. The minimum atomic E-state index is -0.309. The van der Waals surface area contributed by atoms with E-state index in [0.717, 1.165) is 0 Å². The third-order valence-corrected chi connectivity index (χ3v) is 2.80. The smallest absolute Gasteiger partial charge is 0.270 e. The number of benzene rings is 1. The number of hydrogen-bond donors (Lipinski definition) is 2. The summed E-state index contributed by atoms with van der Waals surface area (Å²) >= 11 is 0. The first-order valence-corrected chi connectivity index (χ1v) is 6.60. The fraction of sp³-hybridized carbons (Fsp3) is 0.200. The van der Waals surface area contributed by atoms with Crippen molar-refractivity contribution in [2.45, 2.75) is 0 Å². The number of hydrogen-bond acceptors (Lipinski definition) is 6. The molecule has 2 rings (SSSR count). The maximum atomic E-state index is 11.9. The van der Waals surface area contributed by atoms with Gasteiger partial charge in [-0.05, 0) is 12.1 Å². The quantitative estimate of drug-likeness (QED) is 0.783. The van der Waals surface area contributed by atoms with E-state index in [0.29, 0.717) is 30.2 Å². The van der Waals surface area contributed by atoms with Crippen LogP contribution in [0, 0.1) is 11.3 Å². The summed E-state index contributed by atoms with van der Waals surface area (Å²) in [4.78, 5) is 19.9. The molecule has 0 aliphatic heterocycles. The molecule has 0 saturated heterocycles. The first-order chi connectivity index (χ1) is 10.7. The molecule has 1 aromatic heterocycles. The van der Waals surface area contributed by atoms with Crippen molar-refractivity contribution in [3.63, 3.8) is 0 Å². The van der Waals surface area contributed by atoms with E-state index in [9.17, 15) is 4.79 Å². The number of nitrogens with zero attached hydrogens (tertiary/aromatic N) is 3. The van der Waals surface area contributed by atoms with Crippen LogP contribution in [0.15, 0.2) is 36.7 Å². The average molecular weight is 297 g/mol. The molecule has 0 spiro atoms. The fourth-order valence-corrected chi connectivity index (χ4v) is 1.73. The monoisotopic (exact) mass is 297 g/mol. The average Bonchev–Trinajstić information content (AvgIpc) is 2.56. The SMILES string of the molecule is COCCNC(=O)c1cc(Nc2ccccc2C#N)ncn1. The largest absolute Gasteiger partial charge is 0.383 e. The predicted molar refractivity (Wildman–Crippen MR) is 80.7 cm³/mol. The Morgan fingerprint density at radius 3 is 2.95 bits per heavy atom. The molecular formula is C15H15N5O2. The van der Waals surface area contributed by atoms with Crippen molar-refractivity contribution < 1.29 is 9.53 Å². The van der Waals surface area contributed by atoms with Gasteiger partial charge in [0.2, 0.25) is 0 Å². The number of ether oxygens (including phenoxy) is 1.